The van der Waals surface area contributed by atoms with Gasteiger partial charge in [-0.1, -0.05) is 66.2 Å². The normalized spacial score (nSPS) is 11.2. The molecule has 0 radical (unpaired) electrons. The van der Waals surface area contributed by atoms with E-state index in [4.69, 9.17) is 14.8 Å². The second kappa shape index (κ2) is 13.0. The van der Waals surface area contributed by atoms with E-state index in [1.54, 1.807) is 0 Å². The van der Waals surface area contributed by atoms with Gasteiger partial charge in [-0.25, -0.2) is 4.98 Å². The van der Waals surface area contributed by atoms with Gasteiger partial charge in [0.25, 0.3) is 0 Å². The van der Waals surface area contributed by atoms with Crippen LogP contribution in [0, 0.1) is 46.8 Å². The van der Waals surface area contributed by atoms with Crippen molar-refractivity contribution >= 4 is 21.8 Å². The monoisotopic (exact) mass is 728 g/mol. The zero-order chi connectivity index (χ0) is 32.9. The van der Waals surface area contributed by atoms with Crippen LogP contribution in [0.5, 0.6) is 11.5 Å². The molecule has 8 aromatic rings. The van der Waals surface area contributed by atoms with Crippen molar-refractivity contribution in [2.45, 2.75) is 34.6 Å². The van der Waals surface area contributed by atoms with E-state index in [0.717, 1.165) is 55.8 Å². The molecular formula is C43H34N4OPd. The van der Waals surface area contributed by atoms with Crippen LogP contribution in [0.4, 0.5) is 0 Å². The maximum Gasteiger partial charge on any atom is 2.00 e. The Morgan fingerprint density at radius 3 is 2.14 bits per heavy atom. The van der Waals surface area contributed by atoms with Gasteiger partial charge >= 0.3 is 20.4 Å². The van der Waals surface area contributed by atoms with Crippen LogP contribution in [0.2, 0.25) is 0 Å². The van der Waals surface area contributed by atoms with Crippen LogP contribution in [0.3, 0.4) is 0 Å². The fourth-order valence-electron chi connectivity index (χ4n) is 6.95. The first-order chi connectivity index (χ1) is 23.4. The summed E-state index contributed by atoms with van der Waals surface area (Å²) in [6.45, 7) is 10.7. The van der Waals surface area contributed by atoms with E-state index in [9.17, 15) is 0 Å². The Kier molecular flexibility index (Phi) is 8.54. The Bertz CT molecular complexity index is 2470. The fraction of sp³-hybridized carbons (Fsp3) is 0.116. The number of hydrogen-bond donors (Lipinski definition) is 0. The van der Waals surface area contributed by atoms with Crippen LogP contribution in [-0.2, 0) is 20.4 Å². The Morgan fingerprint density at radius 1 is 0.633 bits per heavy atom. The van der Waals surface area contributed by atoms with Gasteiger partial charge < -0.3 is 9.30 Å². The van der Waals surface area contributed by atoms with Crippen LogP contribution in [0.15, 0.2) is 115 Å². The zero-order valence-electron chi connectivity index (χ0n) is 28.0. The molecule has 3 heterocycles. The van der Waals surface area contributed by atoms with Gasteiger partial charge in [-0.05, 0) is 97.3 Å². The molecule has 0 saturated carbocycles. The first kappa shape index (κ1) is 32.3. The third-order valence-electron chi connectivity index (χ3n) is 9.07. The summed E-state index contributed by atoms with van der Waals surface area (Å²) in [4.78, 5) is 4.70. The predicted molar refractivity (Wildman–Crippen MR) is 194 cm³/mol. The number of aromatic nitrogens is 4. The number of nitrogens with zero attached hydrogens (tertiary/aromatic N) is 4. The number of fused-ring (bicyclic) bond motifs is 3. The summed E-state index contributed by atoms with van der Waals surface area (Å²) in [6.07, 6.45) is 1.85. The van der Waals surface area contributed by atoms with Gasteiger partial charge in [-0.3, -0.25) is 4.68 Å². The van der Waals surface area contributed by atoms with Gasteiger partial charge in [0, 0.05) is 34.5 Å². The molecule has 0 aliphatic rings. The topological polar surface area (TPSA) is 44.9 Å². The predicted octanol–water partition coefficient (Wildman–Crippen LogP) is 10.6. The Balaban J connectivity index is 0.00000378. The number of hydrogen-bond acceptors (Lipinski definition) is 3. The van der Waals surface area contributed by atoms with Crippen molar-refractivity contribution in [3.05, 3.63) is 156 Å². The molecule has 242 valence electrons. The molecule has 0 aliphatic carbocycles. The molecule has 6 heteroatoms. The number of aryl methyl sites for hydroxylation is 4. The summed E-state index contributed by atoms with van der Waals surface area (Å²) in [5, 5.41) is 7.24. The summed E-state index contributed by atoms with van der Waals surface area (Å²) in [6, 6.07) is 44.5. The van der Waals surface area contributed by atoms with Gasteiger partial charge in [0.15, 0.2) is 0 Å². The first-order valence-corrected chi connectivity index (χ1v) is 16.2. The Hall–Kier alpha value is -5.28. The quantitative estimate of drug-likeness (QED) is 0.126. The number of rotatable bonds is 6. The number of ether oxygens (including phenoxy) is 1. The maximum atomic E-state index is 6.43. The van der Waals surface area contributed by atoms with E-state index in [1.165, 1.54) is 27.8 Å². The summed E-state index contributed by atoms with van der Waals surface area (Å²) in [5.74, 6) is 2.04. The summed E-state index contributed by atoms with van der Waals surface area (Å²) < 4.78 is 10.5. The van der Waals surface area contributed by atoms with E-state index < -0.39 is 0 Å². The van der Waals surface area contributed by atoms with Crippen LogP contribution < -0.4 is 4.74 Å². The van der Waals surface area contributed by atoms with E-state index in [0.29, 0.717) is 11.5 Å². The molecule has 8 rings (SSSR count). The molecule has 0 fully saturated rings. The smallest absolute Gasteiger partial charge is 0.509 e. The maximum absolute atomic E-state index is 6.43. The molecule has 49 heavy (non-hydrogen) atoms. The van der Waals surface area contributed by atoms with Crippen molar-refractivity contribution in [3.8, 4) is 45.3 Å². The van der Waals surface area contributed by atoms with Crippen LogP contribution >= 0.6 is 0 Å². The van der Waals surface area contributed by atoms with E-state index in [1.807, 2.05) is 41.2 Å². The third kappa shape index (κ3) is 5.78. The molecule has 0 atom stereocenters. The minimum absolute atomic E-state index is 0. The summed E-state index contributed by atoms with van der Waals surface area (Å²) in [5.41, 5.74) is 13.3. The van der Waals surface area contributed by atoms with Crippen LogP contribution in [0.1, 0.15) is 28.1 Å². The van der Waals surface area contributed by atoms with Crippen LogP contribution in [0.25, 0.3) is 55.6 Å². The van der Waals surface area contributed by atoms with Gasteiger partial charge in [0.2, 0.25) is 0 Å². The minimum Gasteiger partial charge on any atom is -0.509 e. The first-order valence-electron chi connectivity index (χ1n) is 16.2. The average molecular weight is 729 g/mol. The number of pyridine rings is 1. The Morgan fingerprint density at radius 2 is 1.37 bits per heavy atom. The van der Waals surface area contributed by atoms with Crippen LogP contribution in [-0.4, -0.2) is 19.3 Å². The molecule has 0 unspecified atom stereocenters. The Labute approximate surface area is 300 Å². The molecule has 0 bridgehead atoms. The van der Waals surface area contributed by atoms with Gasteiger partial charge in [-0.2, -0.15) is 17.2 Å². The SMILES string of the molecule is Cc1ccnc(-n2c3[c-]c(Oc4[c-]c(-n5nc(C)c(-c6c(C)cc(-c7ccccc7)cc6C)c5C)ccc4)ccc3c3ccccc32)c1.[Pd+2]. The van der Waals surface area contributed by atoms with E-state index in [2.05, 4.69) is 130 Å². The van der Waals surface area contributed by atoms with E-state index >= 15 is 0 Å². The van der Waals surface area contributed by atoms with Gasteiger partial charge in [0.05, 0.1) is 5.69 Å². The van der Waals surface area contributed by atoms with Crippen molar-refractivity contribution in [2.75, 3.05) is 0 Å². The second-order valence-electron chi connectivity index (χ2n) is 12.4. The molecule has 0 N–H and O–H groups in total. The van der Waals surface area contributed by atoms with Crippen molar-refractivity contribution in [1.29, 1.82) is 0 Å². The summed E-state index contributed by atoms with van der Waals surface area (Å²) in [7, 11) is 0. The van der Waals surface area contributed by atoms with E-state index in [-0.39, 0.29) is 20.4 Å². The average Bonchev–Trinajstić information content (AvgIpc) is 3.57. The zero-order valence-corrected chi connectivity index (χ0v) is 29.5. The summed E-state index contributed by atoms with van der Waals surface area (Å²) >= 11 is 0. The van der Waals surface area contributed by atoms with Crippen molar-refractivity contribution < 1.29 is 25.2 Å². The molecule has 5 aromatic carbocycles. The minimum atomic E-state index is 0. The fourth-order valence-corrected chi connectivity index (χ4v) is 6.95. The van der Waals surface area contributed by atoms with Gasteiger partial charge in [-0.15, -0.1) is 35.7 Å². The largest absolute Gasteiger partial charge is 2.00 e. The molecule has 0 saturated heterocycles. The molecule has 0 spiro atoms. The standard InChI is InChI=1S/C43H34N4O.Pd/c1-27-20-21-44-41(22-27)46-39-17-10-9-16-37(39)38-19-18-36(26-40(38)46)48-35-15-11-14-34(25-35)47-31(5)43(30(4)45-47)42-28(2)23-33(24-29(42)3)32-12-7-6-8-13-32;/h6-24H,1-5H3;/q-2;+2. The molecule has 0 amide bonds. The number of benzene rings is 5. The molecule has 5 nitrogen and oxygen atoms in total. The van der Waals surface area contributed by atoms with Crippen molar-refractivity contribution in [3.63, 3.8) is 0 Å². The molecule has 3 aromatic heterocycles. The van der Waals surface area contributed by atoms with Gasteiger partial charge in [0.1, 0.15) is 5.82 Å². The van der Waals surface area contributed by atoms with Crippen molar-refractivity contribution in [2.24, 2.45) is 0 Å². The van der Waals surface area contributed by atoms with Crippen molar-refractivity contribution in [1.82, 2.24) is 19.3 Å². The molecular weight excluding hydrogens is 695 g/mol. The third-order valence-corrected chi connectivity index (χ3v) is 9.07. The second-order valence-corrected chi connectivity index (χ2v) is 12.4. The molecule has 0 aliphatic heterocycles. The number of para-hydroxylation sites is 1.